The van der Waals surface area contributed by atoms with E-state index in [0.717, 1.165) is 31.2 Å². The molecule has 21 heavy (non-hydrogen) atoms. The summed E-state index contributed by atoms with van der Waals surface area (Å²) in [5.74, 6) is 1.56. The molecule has 0 aromatic heterocycles. The van der Waals surface area contributed by atoms with Crippen LogP contribution in [0.5, 0.6) is 5.75 Å². The first-order valence-electron chi connectivity index (χ1n) is 7.84. The molecule has 0 N–H and O–H groups in total. The monoisotopic (exact) mass is 289 g/mol. The molecule has 1 saturated carbocycles. The van der Waals surface area contributed by atoms with Crippen molar-refractivity contribution < 1.29 is 14.3 Å². The van der Waals surface area contributed by atoms with Gasteiger partial charge in [-0.15, -0.1) is 0 Å². The zero-order valence-corrected chi connectivity index (χ0v) is 12.5. The molecule has 4 nitrogen and oxygen atoms in total. The zero-order valence-electron chi connectivity index (χ0n) is 12.5. The summed E-state index contributed by atoms with van der Waals surface area (Å²) in [7, 11) is 0. The number of benzene rings is 1. The Morgan fingerprint density at radius 3 is 2.76 bits per heavy atom. The van der Waals surface area contributed by atoms with E-state index >= 15 is 0 Å². The number of amides is 1. The number of hydrogen-bond donors (Lipinski definition) is 0. The highest BCUT2D eigenvalue weighted by Gasteiger charge is 2.31. The van der Waals surface area contributed by atoms with Crippen LogP contribution in [0.1, 0.15) is 26.2 Å². The molecule has 0 spiro atoms. The van der Waals surface area contributed by atoms with Crippen LogP contribution in [0.3, 0.4) is 0 Å². The van der Waals surface area contributed by atoms with Gasteiger partial charge in [-0.1, -0.05) is 18.2 Å². The quantitative estimate of drug-likeness (QED) is 0.807. The van der Waals surface area contributed by atoms with Crippen molar-refractivity contribution >= 4 is 5.91 Å². The Morgan fingerprint density at radius 1 is 1.29 bits per heavy atom. The highest BCUT2D eigenvalue weighted by Crippen LogP contribution is 2.30. The molecular formula is C17H23NO3. The number of likely N-dealkylation sites (tertiary alicyclic amines) is 1. The maximum absolute atomic E-state index is 12.4. The summed E-state index contributed by atoms with van der Waals surface area (Å²) in [4.78, 5) is 14.3. The number of hydrogen-bond acceptors (Lipinski definition) is 3. The molecule has 2 atom stereocenters. The van der Waals surface area contributed by atoms with Crippen LogP contribution < -0.4 is 4.74 Å². The van der Waals surface area contributed by atoms with E-state index in [9.17, 15) is 4.79 Å². The minimum Gasteiger partial charge on any atom is -0.481 e. The van der Waals surface area contributed by atoms with Crippen LogP contribution in [0.2, 0.25) is 0 Å². The third-order valence-corrected chi connectivity index (χ3v) is 4.13. The zero-order chi connectivity index (χ0) is 14.7. The van der Waals surface area contributed by atoms with Crippen LogP contribution >= 0.6 is 0 Å². The number of nitrogens with zero attached hydrogens (tertiary/aromatic N) is 1. The van der Waals surface area contributed by atoms with Crippen LogP contribution in [0.25, 0.3) is 0 Å². The highest BCUT2D eigenvalue weighted by molar-refractivity contribution is 5.81. The second kappa shape index (κ2) is 6.48. The van der Waals surface area contributed by atoms with Crippen molar-refractivity contribution in [3.05, 3.63) is 30.3 Å². The van der Waals surface area contributed by atoms with E-state index in [1.165, 1.54) is 12.8 Å². The van der Waals surface area contributed by atoms with E-state index < -0.39 is 6.10 Å². The molecule has 4 heteroatoms. The first kappa shape index (κ1) is 14.4. The lowest BCUT2D eigenvalue weighted by molar-refractivity contribution is -0.137. The van der Waals surface area contributed by atoms with E-state index in [0.29, 0.717) is 6.54 Å². The van der Waals surface area contributed by atoms with Gasteiger partial charge < -0.3 is 14.4 Å². The number of rotatable bonds is 6. The Labute approximate surface area is 126 Å². The Kier molecular flexibility index (Phi) is 4.44. The van der Waals surface area contributed by atoms with Gasteiger partial charge in [0, 0.05) is 19.7 Å². The van der Waals surface area contributed by atoms with Crippen molar-refractivity contribution in [1.82, 2.24) is 4.90 Å². The minimum absolute atomic E-state index is 0.0522. The molecule has 0 bridgehead atoms. The van der Waals surface area contributed by atoms with Gasteiger partial charge >= 0.3 is 0 Å². The maximum Gasteiger partial charge on any atom is 0.263 e. The van der Waals surface area contributed by atoms with Crippen molar-refractivity contribution in [3.8, 4) is 5.75 Å². The molecule has 1 amide bonds. The summed E-state index contributed by atoms with van der Waals surface area (Å²) in [6.45, 7) is 4.15. The van der Waals surface area contributed by atoms with Crippen molar-refractivity contribution in [3.63, 3.8) is 0 Å². The summed E-state index contributed by atoms with van der Waals surface area (Å²) in [5, 5.41) is 0. The van der Waals surface area contributed by atoms with Gasteiger partial charge in [0.2, 0.25) is 0 Å². The van der Waals surface area contributed by atoms with Crippen LogP contribution in [0.4, 0.5) is 0 Å². The molecule has 2 fully saturated rings. The van der Waals surface area contributed by atoms with E-state index in [1.807, 2.05) is 42.2 Å². The van der Waals surface area contributed by atoms with E-state index in [4.69, 9.17) is 9.47 Å². The summed E-state index contributed by atoms with van der Waals surface area (Å²) in [6, 6.07) is 9.49. The third kappa shape index (κ3) is 3.97. The van der Waals surface area contributed by atoms with Crippen LogP contribution in [-0.4, -0.2) is 42.7 Å². The lowest BCUT2D eigenvalue weighted by Gasteiger charge is -2.21. The van der Waals surface area contributed by atoms with Gasteiger partial charge in [-0.05, 0) is 44.2 Å². The van der Waals surface area contributed by atoms with Crippen molar-refractivity contribution in [2.24, 2.45) is 5.92 Å². The number of para-hydroxylation sites is 1. The summed E-state index contributed by atoms with van der Waals surface area (Å²) < 4.78 is 11.6. The molecule has 114 valence electrons. The van der Waals surface area contributed by atoms with Crippen LogP contribution in [0.15, 0.2) is 30.3 Å². The minimum atomic E-state index is -0.449. The average Bonchev–Trinajstić information content (AvgIpc) is 3.22. The fraction of sp³-hybridized carbons (Fsp3) is 0.588. The Balaban J connectivity index is 1.46. The predicted molar refractivity (Wildman–Crippen MR) is 80.2 cm³/mol. The first-order chi connectivity index (χ1) is 10.2. The molecular weight excluding hydrogens is 266 g/mol. The molecule has 1 aromatic carbocycles. The molecule has 1 aromatic rings. The Bertz CT molecular complexity index is 472. The molecule has 3 rings (SSSR count). The van der Waals surface area contributed by atoms with Crippen LogP contribution in [-0.2, 0) is 9.53 Å². The van der Waals surface area contributed by atoms with Gasteiger partial charge in [-0.3, -0.25) is 4.79 Å². The third-order valence-electron chi connectivity index (χ3n) is 4.13. The first-order valence-corrected chi connectivity index (χ1v) is 7.84. The maximum atomic E-state index is 12.4. The molecule has 0 radical (unpaired) electrons. The summed E-state index contributed by atoms with van der Waals surface area (Å²) >= 11 is 0. The molecule has 2 unspecified atom stereocenters. The van der Waals surface area contributed by atoms with Crippen molar-refractivity contribution in [1.29, 1.82) is 0 Å². The van der Waals surface area contributed by atoms with Crippen molar-refractivity contribution in [2.45, 2.75) is 38.4 Å². The molecule has 1 aliphatic carbocycles. The lowest BCUT2D eigenvalue weighted by Crippen LogP contribution is -2.39. The predicted octanol–water partition coefficient (Wildman–Crippen LogP) is 2.48. The largest absolute Gasteiger partial charge is 0.481 e. The molecule has 1 aliphatic heterocycles. The normalized spacial score (nSPS) is 23.1. The Hall–Kier alpha value is -1.55. The van der Waals surface area contributed by atoms with Gasteiger partial charge in [-0.25, -0.2) is 0 Å². The highest BCUT2D eigenvalue weighted by atomic mass is 16.5. The number of carbonyl (C=O) groups is 1. The van der Waals surface area contributed by atoms with Crippen molar-refractivity contribution in [2.75, 3.05) is 19.7 Å². The number of carbonyl (C=O) groups excluding carboxylic acids is 1. The average molecular weight is 289 g/mol. The molecule has 2 aliphatic rings. The molecule has 1 saturated heterocycles. The smallest absolute Gasteiger partial charge is 0.263 e. The second-order valence-corrected chi connectivity index (χ2v) is 6.04. The SMILES string of the molecule is CC(Oc1ccccc1)C(=O)N1CCC(OCC2CC2)C1. The number of ether oxygens (including phenoxy) is 2. The van der Waals surface area contributed by atoms with E-state index in [-0.39, 0.29) is 12.0 Å². The van der Waals surface area contributed by atoms with Gasteiger partial charge in [0.25, 0.3) is 5.91 Å². The fourth-order valence-corrected chi connectivity index (χ4v) is 2.63. The van der Waals surface area contributed by atoms with Crippen LogP contribution in [0, 0.1) is 5.92 Å². The van der Waals surface area contributed by atoms with Gasteiger partial charge in [0.15, 0.2) is 6.10 Å². The van der Waals surface area contributed by atoms with Gasteiger partial charge in [0.1, 0.15) is 5.75 Å². The molecule has 1 heterocycles. The van der Waals surface area contributed by atoms with E-state index in [2.05, 4.69) is 0 Å². The summed E-state index contributed by atoms with van der Waals surface area (Å²) in [5.41, 5.74) is 0. The lowest BCUT2D eigenvalue weighted by atomic mass is 10.3. The topological polar surface area (TPSA) is 38.8 Å². The van der Waals surface area contributed by atoms with Gasteiger partial charge in [0.05, 0.1) is 6.10 Å². The summed E-state index contributed by atoms with van der Waals surface area (Å²) in [6.07, 6.45) is 3.30. The van der Waals surface area contributed by atoms with E-state index in [1.54, 1.807) is 0 Å². The second-order valence-electron chi connectivity index (χ2n) is 6.04. The Morgan fingerprint density at radius 2 is 2.05 bits per heavy atom. The van der Waals surface area contributed by atoms with Gasteiger partial charge in [-0.2, -0.15) is 0 Å². The fourth-order valence-electron chi connectivity index (χ4n) is 2.63. The standard InChI is InChI=1S/C17H23NO3/c1-13(21-15-5-3-2-4-6-15)17(19)18-10-9-16(11-18)20-12-14-7-8-14/h2-6,13-14,16H,7-12H2,1H3.